The van der Waals surface area contributed by atoms with Crippen LogP contribution in [-0.2, 0) is 10.0 Å². The molecule has 98 valence electrons. The van der Waals surface area contributed by atoms with Crippen LogP contribution in [0.5, 0.6) is 0 Å². The highest BCUT2D eigenvalue weighted by Gasteiger charge is 2.29. The van der Waals surface area contributed by atoms with Crippen molar-refractivity contribution in [2.24, 2.45) is 11.8 Å². The molecule has 0 bridgehead atoms. The van der Waals surface area contributed by atoms with Gasteiger partial charge in [-0.1, -0.05) is 13.3 Å². The fourth-order valence-electron chi connectivity index (χ4n) is 2.33. The Hall–Kier alpha value is -0.640. The van der Waals surface area contributed by atoms with Crippen molar-refractivity contribution in [1.82, 2.24) is 4.72 Å². The molecule has 0 aromatic carbocycles. The molecule has 0 heterocycles. The van der Waals surface area contributed by atoms with E-state index in [9.17, 15) is 8.42 Å². The maximum atomic E-state index is 11.7. The Bertz CT molecular complexity index is 375. The lowest BCUT2D eigenvalue weighted by atomic mass is 9.97. The third-order valence-corrected chi connectivity index (χ3v) is 5.24. The van der Waals surface area contributed by atoms with E-state index in [1.54, 1.807) is 13.0 Å². The lowest BCUT2D eigenvalue weighted by Crippen LogP contribution is -2.37. The largest absolute Gasteiger partial charge is 0.396 e. The van der Waals surface area contributed by atoms with Gasteiger partial charge in [0.05, 0.1) is 6.07 Å². The lowest BCUT2D eigenvalue weighted by Gasteiger charge is -2.18. The molecule has 1 aliphatic carbocycles. The van der Waals surface area contributed by atoms with Crippen LogP contribution >= 0.6 is 0 Å². The van der Waals surface area contributed by atoms with E-state index in [4.69, 9.17) is 10.4 Å². The molecule has 0 aromatic heterocycles. The summed E-state index contributed by atoms with van der Waals surface area (Å²) in [5, 5.41) is 16.9. The highest BCUT2D eigenvalue weighted by Crippen LogP contribution is 2.30. The maximum Gasteiger partial charge on any atom is 0.227 e. The first-order valence-corrected chi connectivity index (χ1v) is 7.58. The molecule has 1 aliphatic rings. The van der Waals surface area contributed by atoms with Crippen LogP contribution in [0, 0.1) is 23.2 Å². The normalized spacial score (nSPS) is 26.6. The SMILES string of the molecule is CCC(C#N)S(=O)(=O)NCC1CCCC1CO. The van der Waals surface area contributed by atoms with Gasteiger partial charge in [0.1, 0.15) is 0 Å². The summed E-state index contributed by atoms with van der Waals surface area (Å²) < 4.78 is 26.0. The van der Waals surface area contributed by atoms with E-state index in [0.717, 1.165) is 19.3 Å². The molecule has 5 nitrogen and oxygen atoms in total. The molecule has 0 radical (unpaired) electrons. The molecular formula is C11H20N2O3S. The Labute approximate surface area is 103 Å². The van der Waals surface area contributed by atoms with Crippen molar-refractivity contribution in [3.05, 3.63) is 0 Å². The minimum Gasteiger partial charge on any atom is -0.396 e. The number of hydrogen-bond acceptors (Lipinski definition) is 4. The fourth-order valence-corrected chi connectivity index (χ4v) is 3.55. The molecule has 6 heteroatoms. The summed E-state index contributed by atoms with van der Waals surface area (Å²) >= 11 is 0. The van der Waals surface area contributed by atoms with Gasteiger partial charge >= 0.3 is 0 Å². The van der Waals surface area contributed by atoms with Crippen molar-refractivity contribution in [3.63, 3.8) is 0 Å². The van der Waals surface area contributed by atoms with E-state index >= 15 is 0 Å². The van der Waals surface area contributed by atoms with Crippen LogP contribution in [0.25, 0.3) is 0 Å². The maximum absolute atomic E-state index is 11.7. The fraction of sp³-hybridized carbons (Fsp3) is 0.909. The summed E-state index contributed by atoms with van der Waals surface area (Å²) in [6.45, 7) is 2.13. The van der Waals surface area contributed by atoms with Crippen molar-refractivity contribution in [2.45, 2.75) is 37.9 Å². The first kappa shape index (κ1) is 14.4. The van der Waals surface area contributed by atoms with E-state index < -0.39 is 15.3 Å². The Balaban J connectivity index is 2.53. The summed E-state index contributed by atoms with van der Waals surface area (Å²) in [6.07, 6.45) is 3.22. The van der Waals surface area contributed by atoms with E-state index in [0.29, 0.717) is 13.0 Å². The van der Waals surface area contributed by atoms with Crippen LogP contribution in [0.3, 0.4) is 0 Å². The summed E-state index contributed by atoms with van der Waals surface area (Å²) in [4.78, 5) is 0. The summed E-state index contributed by atoms with van der Waals surface area (Å²) in [5.41, 5.74) is 0. The minimum atomic E-state index is -3.53. The summed E-state index contributed by atoms with van der Waals surface area (Å²) in [5.74, 6) is 0.394. The monoisotopic (exact) mass is 260 g/mol. The number of nitrogens with one attached hydrogen (secondary N) is 1. The summed E-state index contributed by atoms with van der Waals surface area (Å²) in [6, 6.07) is 1.79. The zero-order valence-electron chi connectivity index (χ0n) is 10.1. The van der Waals surface area contributed by atoms with Gasteiger partial charge in [-0.05, 0) is 31.1 Å². The number of aliphatic hydroxyl groups is 1. The molecule has 3 atom stereocenters. The zero-order valence-corrected chi connectivity index (χ0v) is 10.9. The van der Waals surface area contributed by atoms with Crippen molar-refractivity contribution >= 4 is 10.0 Å². The topological polar surface area (TPSA) is 90.2 Å². The van der Waals surface area contributed by atoms with E-state index in [2.05, 4.69) is 4.72 Å². The van der Waals surface area contributed by atoms with Crippen LogP contribution in [0.2, 0.25) is 0 Å². The summed E-state index contributed by atoms with van der Waals surface area (Å²) in [7, 11) is -3.53. The smallest absolute Gasteiger partial charge is 0.227 e. The lowest BCUT2D eigenvalue weighted by molar-refractivity contribution is 0.195. The second-order valence-electron chi connectivity index (χ2n) is 4.55. The average Bonchev–Trinajstić information content (AvgIpc) is 2.75. The first-order chi connectivity index (χ1) is 8.05. The molecule has 2 N–H and O–H groups in total. The van der Waals surface area contributed by atoms with Gasteiger partial charge in [0.15, 0.2) is 5.25 Å². The molecule has 1 saturated carbocycles. The molecule has 0 aliphatic heterocycles. The van der Waals surface area contributed by atoms with E-state index in [-0.39, 0.29) is 18.4 Å². The third-order valence-electron chi connectivity index (χ3n) is 3.49. The Kier molecular flexibility index (Phi) is 5.37. The number of aliphatic hydroxyl groups excluding tert-OH is 1. The average molecular weight is 260 g/mol. The number of rotatable bonds is 6. The highest BCUT2D eigenvalue weighted by atomic mass is 32.2. The molecule has 1 rings (SSSR count). The second-order valence-corrected chi connectivity index (χ2v) is 6.50. The van der Waals surface area contributed by atoms with Gasteiger partial charge in [-0.2, -0.15) is 5.26 Å². The Morgan fingerprint density at radius 1 is 1.47 bits per heavy atom. The van der Waals surface area contributed by atoms with Gasteiger partial charge in [0.25, 0.3) is 0 Å². The number of nitriles is 1. The van der Waals surface area contributed by atoms with Crippen LogP contribution in [-0.4, -0.2) is 31.9 Å². The Morgan fingerprint density at radius 2 is 2.12 bits per heavy atom. The predicted molar refractivity (Wildman–Crippen MR) is 64.5 cm³/mol. The molecule has 0 amide bonds. The molecular weight excluding hydrogens is 240 g/mol. The van der Waals surface area contributed by atoms with Crippen LogP contribution in [0.15, 0.2) is 0 Å². The predicted octanol–water partition coefficient (Wildman–Crippen LogP) is 0.617. The number of nitrogens with zero attached hydrogens (tertiary/aromatic N) is 1. The molecule has 1 fully saturated rings. The van der Waals surface area contributed by atoms with Gasteiger partial charge in [0, 0.05) is 13.2 Å². The van der Waals surface area contributed by atoms with Gasteiger partial charge in [-0.15, -0.1) is 0 Å². The standard InChI is InChI=1S/C11H20N2O3S/c1-2-11(6-12)17(15,16)13-7-9-4-3-5-10(9)8-14/h9-11,13-14H,2-5,7-8H2,1H3. The van der Waals surface area contributed by atoms with Crippen molar-refractivity contribution < 1.29 is 13.5 Å². The number of sulfonamides is 1. The molecule has 3 unspecified atom stereocenters. The molecule has 0 saturated heterocycles. The van der Waals surface area contributed by atoms with Crippen LogP contribution < -0.4 is 4.72 Å². The van der Waals surface area contributed by atoms with E-state index in [1.165, 1.54) is 0 Å². The Morgan fingerprint density at radius 3 is 2.65 bits per heavy atom. The van der Waals surface area contributed by atoms with Crippen molar-refractivity contribution in [2.75, 3.05) is 13.2 Å². The first-order valence-electron chi connectivity index (χ1n) is 6.04. The second kappa shape index (κ2) is 6.34. The van der Waals surface area contributed by atoms with Gasteiger partial charge in [-0.25, -0.2) is 13.1 Å². The number of hydrogen-bond donors (Lipinski definition) is 2. The quantitative estimate of drug-likeness (QED) is 0.732. The third kappa shape index (κ3) is 3.66. The highest BCUT2D eigenvalue weighted by molar-refractivity contribution is 7.90. The van der Waals surface area contributed by atoms with Gasteiger partial charge < -0.3 is 5.11 Å². The van der Waals surface area contributed by atoms with Crippen molar-refractivity contribution in [3.8, 4) is 6.07 Å². The molecule has 0 aromatic rings. The minimum absolute atomic E-state index is 0.113. The van der Waals surface area contributed by atoms with E-state index in [1.807, 2.05) is 0 Å². The zero-order chi connectivity index (χ0) is 12.9. The van der Waals surface area contributed by atoms with Gasteiger partial charge in [0.2, 0.25) is 10.0 Å². The van der Waals surface area contributed by atoms with Crippen LogP contribution in [0.1, 0.15) is 32.6 Å². The van der Waals surface area contributed by atoms with Crippen molar-refractivity contribution in [1.29, 1.82) is 5.26 Å². The molecule has 0 spiro atoms. The molecule has 17 heavy (non-hydrogen) atoms. The van der Waals surface area contributed by atoms with Gasteiger partial charge in [-0.3, -0.25) is 0 Å². The van der Waals surface area contributed by atoms with Crippen LogP contribution in [0.4, 0.5) is 0 Å².